The lowest BCUT2D eigenvalue weighted by atomic mass is 9.89. The Balaban J connectivity index is 1.88. The van der Waals surface area contributed by atoms with Crippen molar-refractivity contribution in [1.82, 2.24) is 5.32 Å². The van der Waals surface area contributed by atoms with Gasteiger partial charge in [0.05, 0.1) is 12.0 Å². The Morgan fingerprint density at radius 1 is 0.895 bits per heavy atom. The van der Waals surface area contributed by atoms with Gasteiger partial charge in [-0.25, -0.2) is 0 Å². The summed E-state index contributed by atoms with van der Waals surface area (Å²) < 4.78 is 0. The third-order valence-corrected chi connectivity index (χ3v) is 5.27. The van der Waals surface area contributed by atoms with Crippen LogP contribution in [0.25, 0.3) is 0 Å². The van der Waals surface area contributed by atoms with Gasteiger partial charge in [-0.15, -0.1) is 0 Å². The Labute approximate surface area is 119 Å². The molecule has 0 aromatic carbocycles. The van der Waals surface area contributed by atoms with Gasteiger partial charge in [-0.2, -0.15) is 5.26 Å². The van der Waals surface area contributed by atoms with E-state index in [1.807, 2.05) is 0 Å². The molecule has 2 aliphatic rings. The van der Waals surface area contributed by atoms with Gasteiger partial charge in [0.1, 0.15) is 0 Å². The fourth-order valence-electron chi connectivity index (χ4n) is 3.95. The maximum Gasteiger partial charge on any atom is 0.0672 e. The summed E-state index contributed by atoms with van der Waals surface area (Å²) in [5.41, 5.74) is 0. The first-order chi connectivity index (χ1) is 9.31. The first-order valence-corrected chi connectivity index (χ1v) is 8.47. The second-order valence-corrected chi connectivity index (χ2v) is 6.69. The van der Waals surface area contributed by atoms with Gasteiger partial charge >= 0.3 is 0 Å². The molecule has 0 radical (unpaired) electrons. The normalized spacial score (nSPS) is 32.0. The molecule has 108 valence electrons. The molecule has 2 fully saturated rings. The Morgan fingerprint density at radius 2 is 1.47 bits per heavy atom. The van der Waals surface area contributed by atoms with E-state index in [4.69, 9.17) is 0 Å². The summed E-state index contributed by atoms with van der Waals surface area (Å²) in [5.74, 6) is 1.08. The van der Waals surface area contributed by atoms with Crippen LogP contribution in [0.5, 0.6) is 0 Å². The third kappa shape index (κ3) is 4.49. The van der Waals surface area contributed by atoms with Crippen LogP contribution in [0.4, 0.5) is 0 Å². The molecule has 0 amide bonds. The van der Waals surface area contributed by atoms with Gasteiger partial charge in [-0.05, 0) is 38.5 Å². The smallest absolute Gasteiger partial charge is 0.0672 e. The molecule has 0 heterocycles. The first-order valence-electron chi connectivity index (χ1n) is 8.47. The number of nitriles is 1. The van der Waals surface area contributed by atoms with Crippen LogP contribution in [-0.2, 0) is 0 Å². The number of rotatable bonds is 3. The minimum atomic E-state index is 0.246. The number of nitrogens with one attached hydrogen (secondary N) is 1. The highest BCUT2D eigenvalue weighted by atomic mass is 15.0. The summed E-state index contributed by atoms with van der Waals surface area (Å²) in [7, 11) is 0. The quantitative estimate of drug-likeness (QED) is 0.765. The Kier molecular flexibility index (Phi) is 6.17. The zero-order valence-electron chi connectivity index (χ0n) is 12.5. The molecule has 2 unspecified atom stereocenters. The zero-order valence-corrected chi connectivity index (χ0v) is 12.5. The van der Waals surface area contributed by atoms with Crippen molar-refractivity contribution in [3.63, 3.8) is 0 Å². The van der Waals surface area contributed by atoms with Crippen LogP contribution < -0.4 is 5.32 Å². The van der Waals surface area contributed by atoms with Gasteiger partial charge in [-0.3, -0.25) is 0 Å². The Morgan fingerprint density at radius 3 is 2.16 bits per heavy atom. The number of hydrogen-bond acceptors (Lipinski definition) is 2. The Bertz CT molecular complexity index is 286. The average molecular weight is 262 g/mol. The summed E-state index contributed by atoms with van der Waals surface area (Å²) in [6, 6.07) is 3.60. The lowest BCUT2D eigenvalue weighted by molar-refractivity contribution is 0.276. The Hall–Kier alpha value is -0.550. The summed E-state index contributed by atoms with van der Waals surface area (Å²) in [4.78, 5) is 0. The van der Waals surface area contributed by atoms with E-state index in [1.54, 1.807) is 0 Å². The van der Waals surface area contributed by atoms with E-state index >= 15 is 0 Å². The van der Waals surface area contributed by atoms with Crippen molar-refractivity contribution in [3.05, 3.63) is 0 Å². The van der Waals surface area contributed by atoms with Crippen molar-refractivity contribution in [2.45, 2.75) is 89.6 Å². The molecule has 0 spiro atoms. The van der Waals surface area contributed by atoms with E-state index in [1.165, 1.54) is 64.2 Å². The highest BCUT2D eigenvalue weighted by Gasteiger charge is 2.27. The molecule has 3 atom stereocenters. The molecule has 0 bridgehead atoms. The minimum absolute atomic E-state index is 0.246. The van der Waals surface area contributed by atoms with Crippen molar-refractivity contribution in [1.29, 1.82) is 5.26 Å². The molecule has 1 N–H and O–H groups in total. The predicted molar refractivity (Wildman–Crippen MR) is 79.8 cm³/mol. The fraction of sp³-hybridized carbons (Fsp3) is 0.941. The zero-order chi connectivity index (χ0) is 13.5. The summed E-state index contributed by atoms with van der Waals surface area (Å²) in [6.07, 6.45) is 14.6. The molecule has 2 heteroatoms. The molecular formula is C17H30N2. The van der Waals surface area contributed by atoms with Crippen LogP contribution in [-0.4, -0.2) is 12.1 Å². The molecule has 0 aromatic heterocycles. The lowest BCUT2D eigenvalue weighted by Gasteiger charge is -2.30. The van der Waals surface area contributed by atoms with E-state index in [0.717, 1.165) is 12.3 Å². The van der Waals surface area contributed by atoms with Crippen LogP contribution in [0, 0.1) is 23.2 Å². The average Bonchev–Trinajstić information content (AvgIpc) is 2.80. The van der Waals surface area contributed by atoms with Gasteiger partial charge in [0.25, 0.3) is 0 Å². The van der Waals surface area contributed by atoms with E-state index in [0.29, 0.717) is 12.1 Å². The lowest BCUT2D eigenvalue weighted by Crippen LogP contribution is -2.44. The monoisotopic (exact) mass is 262 g/mol. The van der Waals surface area contributed by atoms with Crippen molar-refractivity contribution in [2.24, 2.45) is 11.8 Å². The largest absolute Gasteiger partial charge is 0.310 e. The van der Waals surface area contributed by atoms with Crippen LogP contribution in [0.2, 0.25) is 0 Å². The van der Waals surface area contributed by atoms with Crippen molar-refractivity contribution in [3.8, 4) is 6.07 Å². The molecule has 2 aliphatic carbocycles. The predicted octanol–water partition coefficient (Wildman–Crippen LogP) is 4.41. The van der Waals surface area contributed by atoms with E-state index in [2.05, 4.69) is 18.3 Å². The number of nitrogens with zero attached hydrogens (tertiary/aromatic N) is 1. The molecule has 2 nitrogen and oxygen atoms in total. The topological polar surface area (TPSA) is 35.8 Å². The second kappa shape index (κ2) is 7.90. The van der Waals surface area contributed by atoms with E-state index < -0.39 is 0 Å². The minimum Gasteiger partial charge on any atom is -0.310 e. The highest BCUT2D eigenvalue weighted by molar-refractivity contribution is 4.95. The summed E-state index contributed by atoms with van der Waals surface area (Å²) >= 11 is 0. The second-order valence-electron chi connectivity index (χ2n) is 6.69. The molecular weight excluding hydrogens is 232 g/mol. The van der Waals surface area contributed by atoms with Crippen molar-refractivity contribution < 1.29 is 0 Å². The van der Waals surface area contributed by atoms with Gasteiger partial charge in [0, 0.05) is 12.1 Å². The van der Waals surface area contributed by atoms with Gasteiger partial charge in [-0.1, -0.05) is 44.9 Å². The third-order valence-electron chi connectivity index (χ3n) is 5.27. The summed E-state index contributed by atoms with van der Waals surface area (Å²) in [5, 5.41) is 13.2. The molecule has 0 aliphatic heterocycles. The fourth-order valence-corrected chi connectivity index (χ4v) is 3.95. The maximum absolute atomic E-state index is 9.36. The van der Waals surface area contributed by atoms with E-state index in [-0.39, 0.29) is 5.92 Å². The molecule has 0 aromatic rings. The van der Waals surface area contributed by atoms with Crippen LogP contribution in [0.3, 0.4) is 0 Å². The van der Waals surface area contributed by atoms with E-state index in [9.17, 15) is 5.26 Å². The van der Waals surface area contributed by atoms with Crippen molar-refractivity contribution >= 4 is 0 Å². The highest BCUT2D eigenvalue weighted by Crippen LogP contribution is 2.28. The number of hydrogen-bond donors (Lipinski definition) is 1. The first kappa shape index (κ1) is 14.9. The van der Waals surface area contributed by atoms with Crippen molar-refractivity contribution in [2.75, 3.05) is 0 Å². The van der Waals surface area contributed by atoms with Crippen LogP contribution in [0.15, 0.2) is 0 Å². The SMILES string of the molecule is C[C@H](NC1CCCCCC1C#N)C1CCCCCC1. The van der Waals surface area contributed by atoms with Gasteiger partial charge < -0.3 is 5.32 Å². The molecule has 19 heavy (non-hydrogen) atoms. The molecule has 2 saturated carbocycles. The molecule has 2 rings (SSSR count). The standard InChI is InChI=1S/C17H30N2/c1-14(15-9-5-2-3-6-10-15)19-17-12-8-4-7-11-16(17)13-18/h14-17,19H,2-12H2,1H3/t14-,16?,17?/m0/s1. The van der Waals surface area contributed by atoms with Gasteiger partial charge in [0.15, 0.2) is 0 Å². The van der Waals surface area contributed by atoms with Crippen LogP contribution in [0.1, 0.15) is 77.6 Å². The van der Waals surface area contributed by atoms with Gasteiger partial charge in [0.2, 0.25) is 0 Å². The van der Waals surface area contributed by atoms with Crippen LogP contribution >= 0.6 is 0 Å². The maximum atomic E-state index is 9.36. The molecule has 0 saturated heterocycles. The summed E-state index contributed by atoms with van der Waals surface area (Å²) in [6.45, 7) is 2.36.